The predicted molar refractivity (Wildman–Crippen MR) is 134 cm³/mol. The number of aromatic amines is 1. The van der Waals surface area contributed by atoms with Crippen LogP contribution in [0.1, 0.15) is 25.2 Å². The molecule has 10 heteroatoms. The molecular formula is C25H25FN4O4S. The van der Waals surface area contributed by atoms with E-state index < -0.39 is 21.7 Å². The molecule has 0 fully saturated rings. The highest BCUT2D eigenvalue weighted by Gasteiger charge is 2.17. The Morgan fingerprint density at radius 3 is 2.49 bits per heavy atom. The predicted octanol–water partition coefficient (Wildman–Crippen LogP) is 4.46. The molecular weight excluding hydrogens is 471 g/mol. The highest BCUT2D eigenvalue weighted by atomic mass is 32.2. The average Bonchev–Trinajstić information content (AvgIpc) is 3.17. The molecule has 1 aromatic heterocycles. The smallest absolute Gasteiger partial charge is 0.241 e. The second-order valence-corrected chi connectivity index (χ2v) is 10.0. The quantitative estimate of drug-likeness (QED) is 0.317. The minimum Gasteiger partial charge on any atom is -0.491 e. The Labute approximate surface area is 202 Å². The van der Waals surface area contributed by atoms with Crippen molar-refractivity contribution in [3.05, 3.63) is 83.9 Å². The second kappa shape index (κ2) is 10.1. The van der Waals surface area contributed by atoms with Crippen LogP contribution in [0.15, 0.2) is 66.7 Å². The van der Waals surface area contributed by atoms with E-state index in [4.69, 9.17) is 4.74 Å². The summed E-state index contributed by atoms with van der Waals surface area (Å²) in [7, 11) is -3.93. The van der Waals surface area contributed by atoms with E-state index in [1.165, 1.54) is 6.07 Å². The van der Waals surface area contributed by atoms with E-state index in [-0.39, 0.29) is 18.3 Å². The third-order valence-corrected chi connectivity index (χ3v) is 6.14. The molecule has 0 aliphatic heterocycles. The number of ether oxygens (including phenoxy) is 1. The average molecular weight is 497 g/mol. The second-order valence-electron chi connectivity index (χ2n) is 8.28. The first kappa shape index (κ1) is 24.2. The van der Waals surface area contributed by atoms with Crippen molar-refractivity contribution >= 4 is 38.3 Å². The minimum absolute atomic E-state index is 0.000616. The van der Waals surface area contributed by atoms with E-state index in [9.17, 15) is 17.6 Å². The summed E-state index contributed by atoms with van der Waals surface area (Å²) in [4.78, 5) is 20.0. The van der Waals surface area contributed by atoms with Gasteiger partial charge in [0.2, 0.25) is 15.9 Å². The molecule has 0 atom stereocenters. The van der Waals surface area contributed by atoms with Gasteiger partial charge in [-0.15, -0.1) is 0 Å². The standard InChI is InChI=1S/C25H25FN4O4S/c1-16(2)34-20-10-7-18(8-11-20)30-35(32,33)15-25(31)27-19-9-12-22-23(14-19)29-24(28-22)13-17-5-3-4-6-21(17)26/h3-12,14,16,30H,13,15H2,1-2H3,(H,27,31)(H,28,29). The molecule has 0 saturated carbocycles. The summed E-state index contributed by atoms with van der Waals surface area (Å²) in [6, 6.07) is 17.9. The zero-order chi connectivity index (χ0) is 25.0. The van der Waals surface area contributed by atoms with Gasteiger partial charge in [0.15, 0.2) is 0 Å². The van der Waals surface area contributed by atoms with Crippen LogP contribution < -0.4 is 14.8 Å². The molecule has 4 rings (SSSR count). The van der Waals surface area contributed by atoms with Crippen molar-refractivity contribution in [2.75, 3.05) is 15.8 Å². The molecule has 0 spiro atoms. The Morgan fingerprint density at radius 2 is 1.77 bits per heavy atom. The lowest BCUT2D eigenvalue weighted by Gasteiger charge is -2.11. The monoisotopic (exact) mass is 496 g/mol. The van der Waals surface area contributed by atoms with Gasteiger partial charge in [-0.3, -0.25) is 9.52 Å². The summed E-state index contributed by atoms with van der Waals surface area (Å²) >= 11 is 0. The lowest BCUT2D eigenvalue weighted by Crippen LogP contribution is -2.27. The van der Waals surface area contributed by atoms with Gasteiger partial charge in [0.25, 0.3) is 0 Å². The van der Waals surface area contributed by atoms with Crippen LogP contribution in [0.25, 0.3) is 11.0 Å². The molecule has 1 heterocycles. The molecule has 0 saturated heterocycles. The number of hydrogen-bond donors (Lipinski definition) is 3. The number of nitrogens with zero attached hydrogens (tertiary/aromatic N) is 1. The first-order valence-electron chi connectivity index (χ1n) is 11.0. The first-order valence-corrected chi connectivity index (χ1v) is 12.6. The van der Waals surface area contributed by atoms with Crippen molar-refractivity contribution in [2.24, 2.45) is 0 Å². The molecule has 1 amide bonds. The maximum atomic E-state index is 13.9. The molecule has 0 radical (unpaired) electrons. The van der Waals surface area contributed by atoms with Crippen molar-refractivity contribution in [3.8, 4) is 5.75 Å². The molecule has 3 aromatic carbocycles. The summed E-state index contributed by atoms with van der Waals surface area (Å²) in [5.41, 5.74) is 2.54. The van der Waals surface area contributed by atoms with Crippen LogP contribution in [0, 0.1) is 5.82 Å². The van der Waals surface area contributed by atoms with Gasteiger partial charge in [-0.25, -0.2) is 17.8 Å². The number of imidazole rings is 1. The minimum atomic E-state index is -3.93. The number of aromatic nitrogens is 2. The fourth-order valence-corrected chi connectivity index (χ4v) is 4.49. The first-order chi connectivity index (χ1) is 16.7. The Kier molecular flexibility index (Phi) is 7.02. The summed E-state index contributed by atoms with van der Waals surface area (Å²) < 4.78 is 46.7. The number of hydrogen-bond acceptors (Lipinski definition) is 5. The summed E-state index contributed by atoms with van der Waals surface area (Å²) in [5.74, 6) is -0.563. The summed E-state index contributed by atoms with van der Waals surface area (Å²) in [6.45, 7) is 3.79. The number of nitrogens with one attached hydrogen (secondary N) is 3. The molecule has 4 aromatic rings. The summed E-state index contributed by atoms with van der Waals surface area (Å²) in [5, 5.41) is 2.59. The van der Waals surface area contributed by atoms with Gasteiger partial charge in [-0.05, 0) is 67.9 Å². The van der Waals surface area contributed by atoms with Crippen LogP contribution in [-0.2, 0) is 21.2 Å². The lowest BCUT2D eigenvalue weighted by atomic mass is 10.1. The molecule has 8 nitrogen and oxygen atoms in total. The van der Waals surface area contributed by atoms with E-state index in [1.807, 2.05) is 13.8 Å². The maximum absolute atomic E-state index is 13.9. The molecule has 0 aliphatic rings. The Morgan fingerprint density at radius 1 is 1.06 bits per heavy atom. The lowest BCUT2D eigenvalue weighted by molar-refractivity contribution is -0.113. The summed E-state index contributed by atoms with van der Waals surface area (Å²) in [6.07, 6.45) is 0.290. The fourth-order valence-electron chi connectivity index (χ4n) is 3.51. The van der Waals surface area contributed by atoms with Gasteiger partial charge >= 0.3 is 0 Å². The number of halogens is 1. The van der Waals surface area contributed by atoms with Crippen molar-refractivity contribution in [1.29, 1.82) is 0 Å². The molecule has 3 N–H and O–H groups in total. The van der Waals surface area contributed by atoms with E-state index in [2.05, 4.69) is 20.0 Å². The topological polar surface area (TPSA) is 113 Å². The van der Waals surface area contributed by atoms with Gasteiger partial charge in [-0.2, -0.15) is 0 Å². The van der Waals surface area contributed by atoms with E-state index >= 15 is 0 Å². The molecule has 35 heavy (non-hydrogen) atoms. The molecule has 0 unspecified atom stereocenters. The van der Waals surface area contributed by atoms with E-state index in [1.54, 1.807) is 60.7 Å². The number of anilines is 2. The zero-order valence-electron chi connectivity index (χ0n) is 19.2. The van der Waals surface area contributed by atoms with Crippen LogP contribution in [0.2, 0.25) is 0 Å². The normalized spacial score (nSPS) is 11.5. The highest BCUT2D eigenvalue weighted by Crippen LogP contribution is 2.20. The van der Waals surface area contributed by atoms with Crippen LogP contribution in [0.3, 0.4) is 0 Å². The highest BCUT2D eigenvalue weighted by molar-refractivity contribution is 7.93. The number of rotatable bonds is 9. The Bertz CT molecular complexity index is 1450. The van der Waals surface area contributed by atoms with Crippen LogP contribution >= 0.6 is 0 Å². The number of carbonyl (C=O) groups is 1. The van der Waals surface area contributed by atoms with Crippen molar-refractivity contribution in [1.82, 2.24) is 9.97 Å². The maximum Gasteiger partial charge on any atom is 0.241 e. The number of sulfonamides is 1. The van der Waals surface area contributed by atoms with Crippen molar-refractivity contribution in [3.63, 3.8) is 0 Å². The van der Waals surface area contributed by atoms with Crippen molar-refractivity contribution in [2.45, 2.75) is 26.4 Å². The molecule has 0 aliphatic carbocycles. The number of benzene rings is 3. The Balaban J connectivity index is 1.38. The zero-order valence-corrected chi connectivity index (χ0v) is 20.0. The number of fused-ring (bicyclic) bond motifs is 1. The SMILES string of the molecule is CC(C)Oc1ccc(NS(=O)(=O)CC(=O)Nc2ccc3nc(Cc4ccccc4F)[nH]c3c2)cc1. The van der Waals surface area contributed by atoms with Crippen LogP contribution in [0.5, 0.6) is 5.75 Å². The van der Waals surface area contributed by atoms with Gasteiger partial charge in [-0.1, -0.05) is 18.2 Å². The van der Waals surface area contributed by atoms with E-state index in [0.717, 1.165) is 0 Å². The number of carbonyl (C=O) groups excluding carboxylic acids is 1. The third kappa shape index (κ3) is 6.57. The van der Waals surface area contributed by atoms with E-state index in [0.29, 0.717) is 39.5 Å². The molecule has 182 valence electrons. The molecule has 0 bridgehead atoms. The largest absolute Gasteiger partial charge is 0.491 e. The van der Waals surface area contributed by atoms with Gasteiger partial charge < -0.3 is 15.0 Å². The van der Waals surface area contributed by atoms with Gasteiger partial charge in [0, 0.05) is 17.8 Å². The van der Waals surface area contributed by atoms with Crippen molar-refractivity contribution < 1.29 is 22.3 Å². The fraction of sp³-hybridized carbons (Fsp3) is 0.200. The number of H-pyrrole nitrogens is 1. The van der Waals surface area contributed by atoms with Gasteiger partial charge in [0.05, 0.1) is 17.1 Å². The van der Waals surface area contributed by atoms with Gasteiger partial charge in [0.1, 0.15) is 23.1 Å². The van der Waals surface area contributed by atoms with Crippen LogP contribution in [-0.4, -0.2) is 36.1 Å². The number of amides is 1. The third-order valence-electron chi connectivity index (χ3n) is 4.95. The van der Waals surface area contributed by atoms with Crippen LogP contribution in [0.4, 0.5) is 15.8 Å². The Hall–Kier alpha value is -3.92.